The molecular weight excluding hydrogens is 374 g/mol. The second-order valence-corrected chi connectivity index (χ2v) is 9.04. The van der Waals surface area contributed by atoms with Gasteiger partial charge in [-0.3, -0.25) is 4.79 Å². The quantitative estimate of drug-likeness (QED) is 0.799. The van der Waals surface area contributed by atoms with Gasteiger partial charge in [0, 0.05) is 19.6 Å². The number of rotatable bonds is 3. The van der Waals surface area contributed by atoms with Crippen molar-refractivity contribution in [2.24, 2.45) is 0 Å². The first-order valence-corrected chi connectivity index (χ1v) is 10.8. The minimum Gasteiger partial charge on any atom is -0.341 e. The molecule has 7 heteroatoms. The Balaban J connectivity index is 1.79. The molecule has 0 radical (unpaired) electrons. The van der Waals surface area contributed by atoms with Crippen LogP contribution in [0.1, 0.15) is 29.5 Å². The van der Waals surface area contributed by atoms with Crippen molar-refractivity contribution in [1.82, 2.24) is 9.21 Å². The summed E-state index contributed by atoms with van der Waals surface area (Å²) in [7, 11) is -4.01. The van der Waals surface area contributed by atoms with Crippen molar-refractivity contribution in [3.63, 3.8) is 0 Å². The monoisotopic (exact) mass is 395 g/mol. The Morgan fingerprint density at radius 2 is 1.64 bits per heavy atom. The molecular formula is C21H21N3O3S. The maximum atomic E-state index is 13.5. The highest BCUT2D eigenvalue weighted by Crippen LogP contribution is 2.31. The van der Waals surface area contributed by atoms with Gasteiger partial charge < -0.3 is 4.90 Å². The van der Waals surface area contributed by atoms with Crippen molar-refractivity contribution in [2.75, 3.05) is 13.1 Å². The van der Waals surface area contributed by atoms with E-state index in [1.54, 1.807) is 17.0 Å². The second kappa shape index (κ2) is 7.38. The molecule has 0 saturated carbocycles. The smallest absolute Gasteiger partial charge is 0.245 e. The number of amides is 1. The van der Waals surface area contributed by atoms with E-state index < -0.39 is 16.1 Å². The second-order valence-electron chi connectivity index (χ2n) is 7.18. The van der Waals surface area contributed by atoms with Crippen LogP contribution in [0.25, 0.3) is 0 Å². The van der Waals surface area contributed by atoms with Crippen molar-refractivity contribution in [2.45, 2.75) is 36.7 Å². The van der Waals surface area contributed by atoms with Gasteiger partial charge in [-0.1, -0.05) is 36.4 Å². The molecule has 1 amide bonds. The molecule has 0 aromatic heterocycles. The molecule has 1 fully saturated rings. The molecule has 2 aromatic rings. The number of likely N-dealkylation sites (tertiary alicyclic amines) is 1. The topological polar surface area (TPSA) is 81.5 Å². The lowest BCUT2D eigenvalue weighted by Crippen LogP contribution is -2.53. The summed E-state index contributed by atoms with van der Waals surface area (Å²) in [6.45, 7) is 1.46. The van der Waals surface area contributed by atoms with Gasteiger partial charge >= 0.3 is 0 Å². The predicted octanol–water partition coefficient (Wildman–Crippen LogP) is 2.30. The molecule has 144 valence electrons. The zero-order chi connectivity index (χ0) is 19.7. The summed E-state index contributed by atoms with van der Waals surface area (Å²) >= 11 is 0. The molecule has 0 bridgehead atoms. The van der Waals surface area contributed by atoms with Gasteiger partial charge in [0.05, 0.1) is 10.5 Å². The Hall–Kier alpha value is -2.69. The van der Waals surface area contributed by atoms with Crippen LogP contribution < -0.4 is 0 Å². The third-order valence-electron chi connectivity index (χ3n) is 5.50. The van der Waals surface area contributed by atoms with Crippen LogP contribution >= 0.6 is 0 Å². The van der Waals surface area contributed by atoms with E-state index in [1.165, 1.54) is 16.4 Å². The Morgan fingerprint density at radius 1 is 1.00 bits per heavy atom. The number of sulfonamides is 1. The number of fused-ring (bicyclic) bond motifs is 1. The van der Waals surface area contributed by atoms with Crippen molar-refractivity contribution >= 4 is 15.9 Å². The minimum atomic E-state index is -4.01. The molecule has 2 aromatic carbocycles. The zero-order valence-electron chi connectivity index (χ0n) is 15.4. The van der Waals surface area contributed by atoms with Gasteiger partial charge in [-0.2, -0.15) is 9.57 Å². The van der Waals surface area contributed by atoms with E-state index in [-0.39, 0.29) is 22.9 Å². The Labute approximate surface area is 165 Å². The lowest BCUT2D eigenvalue weighted by Gasteiger charge is -2.37. The molecule has 1 saturated heterocycles. The van der Waals surface area contributed by atoms with E-state index >= 15 is 0 Å². The Kier molecular flexibility index (Phi) is 4.92. The summed E-state index contributed by atoms with van der Waals surface area (Å²) in [5.41, 5.74) is 1.99. The number of nitrogens with zero attached hydrogens (tertiary/aromatic N) is 3. The predicted molar refractivity (Wildman–Crippen MR) is 104 cm³/mol. The summed E-state index contributed by atoms with van der Waals surface area (Å²) in [6, 6.07) is 15.0. The number of benzene rings is 2. The SMILES string of the molecule is N#Cc1ccccc1S(=O)(=O)N1Cc2ccccc2C[C@@H]1C(=O)N1CCCC1. The van der Waals surface area contributed by atoms with Gasteiger partial charge in [0.25, 0.3) is 0 Å². The van der Waals surface area contributed by atoms with E-state index in [4.69, 9.17) is 0 Å². The van der Waals surface area contributed by atoms with E-state index in [1.807, 2.05) is 30.3 Å². The van der Waals surface area contributed by atoms with Crippen LogP contribution in [-0.2, 0) is 27.8 Å². The van der Waals surface area contributed by atoms with E-state index in [0.717, 1.165) is 24.0 Å². The summed E-state index contributed by atoms with van der Waals surface area (Å²) in [4.78, 5) is 14.9. The summed E-state index contributed by atoms with van der Waals surface area (Å²) in [5.74, 6) is -0.148. The van der Waals surface area contributed by atoms with Gasteiger partial charge in [-0.25, -0.2) is 8.42 Å². The molecule has 0 spiro atoms. The fraction of sp³-hybridized carbons (Fsp3) is 0.333. The number of hydrogen-bond donors (Lipinski definition) is 0. The first-order chi connectivity index (χ1) is 13.5. The third kappa shape index (κ3) is 3.19. The summed E-state index contributed by atoms with van der Waals surface area (Å²) in [5, 5.41) is 9.38. The molecule has 6 nitrogen and oxygen atoms in total. The molecule has 0 aliphatic carbocycles. The normalized spacial score (nSPS) is 19.8. The van der Waals surface area contributed by atoms with E-state index in [2.05, 4.69) is 0 Å². The molecule has 4 rings (SSSR count). The zero-order valence-corrected chi connectivity index (χ0v) is 16.2. The molecule has 28 heavy (non-hydrogen) atoms. The lowest BCUT2D eigenvalue weighted by molar-refractivity contribution is -0.134. The van der Waals surface area contributed by atoms with Crippen LogP contribution in [0.3, 0.4) is 0 Å². The minimum absolute atomic E-state index is 0.0453. The number of hydrogen-bond acceptors (Lipinski definition) is 4. The summed E-state index contributed by atoms with van der Waals surface area (Å²) < 4.78 is 28.3. The highest BCUT2D eigenvalue weighted by atomic mass is 32.2. The third-order valence-corrected chi connectivity index (χ3v) is 7.42. The largest absolute Gasteiger partial charge is 0.341 e. The van der Waals surface area contributed by atoms with Crippen LogP contribution in [0, 0.1) is 11.3 Å². The fourth-order valence-corrected chi connectivity index (χ4v) is 5.72. The van der Waals surface area contributed by atoms with Gasteiger partial charge in [0.2, 0.25) is 15.9 Å². The van der Waals surface area contributed by atoms with Gasteiger partial charge in [0.1, 0.15) is 12.1 Å². The Morgan fingerprint density at radius 3 is 2.36 bits per heavy atom. The van der Waals surface area contributed by atoms with Crippen LogP contribution in [0.4, 0.5) is 0 Å². The average Bonchev–Trinajstić information content (AvgIpc) is 3.27. The number of carbonyl (C=O) groups is 1. The molecule has 2 aliphatic heterocycles. The fourth-order valence-electron chi connectivity index (χ4n) is 4.02. The number of nitriles is 1. The van der Waals surface area contributed by atoms with Crippen LogP contribution in [-0.4, -0.2) is 42.7 Å². The van der Waals surface area contributed by atoms with Crippen LogP contribution in [0.5, 0.6) is 0 Å². The van der Waals surface area contributed by atoms with Gasteiger partial charge in [-0.15, -0.1) is 0 Å². The van der Waals surface area contributed by atoms with Crippen molar-refractivity contribution in [3.05, 3.63) is 65.2 Å². The molecule has 2 heterocycles. The van der Waals surface area contributed by atoms with E-state index in [0.29, 0.717) is 19.5 Å². The van der Waals surface area contributed by atoms with Gasteiger partial charge in [-0.05, 0) is 42.5 Å². The summed E-state index contributed by atoms with van der Waals surface area (Å²) in [6.07, 6.45) is 2.23. The lowest BCUT2D eigenvalue weighted by atomic mass is 9.95. The Bertz CT molecular complexity index is 1050. The van der Waals surface area contributed by atoms with Gasteiger partial charge in [0.15, 0.2) is 0 Å². The molecule has 2 aliphatic rings. The maximum absolute atomic E-state index is 13.5. The molecule has 0 N–H and O–H groups in total. The standard InChI is InChI=1S/C21H21N3O3S/c22-14-17-8-3-4-10-20(17)28(26,27)24-15-18-9-2-1-7-16(18)13-19(24)21(25)23-11-5-6-12-23/h1-4,7-10,19H,5-6,11-13,15H2/t19-/m1/s1. The average molecular weight is 395 g/mol. The number of carbonyl (C=O) groups excluding carboxylic acids is 1. The molecule has 1 atom stereocenters. The molecule has 0 unspecified atom stereocenters. The maximum Gasteiger partial charge on any atom is 0.245 e. The van der Waals surface area contributed by atoms with Crippen molar-refractivity contribution in [1.29, 1.82) is 5.26 Å². The van der Waals surface area contributed by atoms with E-state index in [9.17, 15) is 18.5 Å². The van der Waals surface area contributed by atoms with Crippen LogP contribution in [0.2, 0.25) is 0 Å². The highest BCUT2D eigenvalue weighted by molar-refractivity contribution is 7.89. The van der Waals surface area contributed by atoms with Crippen molar-refractivity contribution in [3.8, 4) is 6.07 Å². The highest BCUT2D eigenvalue weighted by Gasteiger charge is 2.42. The first-order valence-electron chi connectivity index (χ1n) is 9.39. The van der Waals surface area contributed by atoms with Crippen molar-refractivity contribution < 1.29 is 13.2 Å². The first kappa shape index (κ1) is 18.7. The van der Waals surface area contributed by atoms with Crippen LogP contribution in [0.15, 0.2) is 53.4 Å².